The molecular formula is C19H20BF2N3O. The van der Waals surface area contributed by atoms with E-state index >= 15 is 0 Å². The van der Waals surface area contributed by atoms with Crippen molar-refractivity contribution in [1.82, 2.24) is 9.78 Å². The Balaban J connectivity index is 2.00. The van der Waals surface area contributed by atoms with Gasteiger partial charge in [0.25, 0.3) is 0 Å². The first kappa shape index (κ1) is 18.2. The fourth-order valence-electron chi connectivity index (χ4n) is 3.34. The average Bonchev–Trinajstić information content (AvgIpc) is 3.15. The molecule has 1 aromatic carbocycles. The van der Waals surface area contributed by atoms with Gasteiger partial charge in [-0.3, -0.25) is 14.5 Å². The van der Waals surface area contributed by atoms with Crippen molar-refractivity contribution in [1.29, 1.82) is 0 Å². The number of benzene rings is 1. The van der Waals surface area contributed by atoms with Crippen LogP contribution >= 0.6 is 0 Å². The summed E-state index contributed by atoms with van der Waals surface area (Å²) in [5.74, 6) is -2.01. The summed E-state index contributed by atoms with van der Waals surface area (Å²) in [4.78, 5) is 15.6. The molecule has 0 saturated carbocycles. The fraction of sp³-hybridized carbons (Fsp3) is 0.316. The lowest BCUT2D eigenvalue weighted by Crippen LogP contribution is -2.27. The summed E-state index contributed by atoms with van der Waals surface area (Å²) in [5.41, 5.74) is 2.57. The van der Waals surface area contributed by atoms with Crippen molar-refractivity contribution in [3.63, 3.8) is 0 Å². The number of hydrogen-bond acceptors (Lipinski definition) is 3. The van der Waals surface area contributed by atoms with E-state index in [1.165, 1.54) is 13.1 Å². The Labute approximate surface area is 151 Å². The molecule has 0 fully saturated rings. The third-order valence-electron chi connectivity index (χ3n) is 4.80. The fourth-order valence-corrected chi connectivity index (χ4v) is 3.34. The van der Waals surface area contributed by atoms with Gasteiger partial charge in [0.05, 0.1) is 11.8 Å². The van der Waals surface area contributed by atoms with Crippen molar-refractivity contribution >= 4 is 23.6 Å². The molecule has 3 rings (SSSR count). The molecule has 0 saturated heterocycles. The van der Waals surface area contributed by atoms with E-state index in [9.17, 15) is 13.6 Å². The van der Waals surface area contributed by atoms with Gasteiger partial charge in [0, 0.05) is 35.1 Å². The molecule has 0 spiro atoms. The van der Waals surface area contributed by atoms with Crippen LogP contribution in [0.15, 0.2) is 29.5 Å². The van der Waals surface area contributed by atoms with Crippen molar-refractivity contribution in [2.24, 2.45) is 4.99 Å². The second kappa shape index (κ2) is 6.98. The summed E-state index contributed by atoms with van der Waals surface area (Å²) in [6.45, 7) is 7.43. The molecule has 0 radical (unpaired) electrons. The molecule has 1 aromatic heterocycles. The molecule has 1 aliphatic rings. The Bertz CT molecular complexity index is 947. The minimum atomic E-state index is -0.928. The third-order valence-corrected chi connectivity index (χ3v) is 4.80. The Morgan fingerprint density at radius 1 is 1.19 bits per heavy atom. The van der Waals surface area contributed by atoms with E-state index in [1.807, 2.05) is 13.8 Å². The van der Waals surface area contributed by atoms with Crippen molar-refractivity contribution < 1.29 is 13.6 Å². The lowest BCUT2D eigenvalue weighted by Gasteiger charge is -2.12. The summed E-state index contributed by atoms with van der Waals surface area (Å²) < 4.78 is 31.4. The molecule has 2 heterocycles. The number of aromatic nitrogens is 2. The topological polar surface area (TPSA) is 47.2 Å². The van der Waals surface area contributed by atoms with Gasteiger partial charge in [-0.2, -0.15) is 5.10 Å². The molecule has 134 valence electrons. The number of hydrogen-bond donors (Lipinski definition) is 0. The van der Waals surface area contributed by atoms with Crippen LogP contribution in [0.1, 0.15) is 31.5 Å². The van der Waals surface area contributed by atoms with Gasteiger partial charge >= 0.3 is 0 Å². The van der Waals surface area contributed by atoms with Crippen LogP contribution in [-0.4, -0.2) is 27.9 Å². The zero-order valence-electron chi connectivity index (χ0n) is 15.3. The van der Waals surface area contributed by atoms with E-state index in [2.05, 4.69) is 10.1 Å². The van der Waals surface area contributed by atoms with Gasteiger partial charge in [-0.15, -0.1) is 0 Å². The molecule has 7 heteroatoms. The zero-order valence-corrected chi connectivity index (χ0v) is 15.3. The SMILES string of the molecule is CCCn1ncc(-c2ccc(C3=CN=C(C(C)=O)B3C)c(F)c2F)c1C. The summed E-state index contributed by atoms with van der Waals surface area (Å²) in [6.07, 6.45) is 3.92. The first-order chi connectivity index (χ1) is 12.4. The zero-order chi connectivity index (χ0) is 19.0. The Morgan fingerprint density at radius 3 is 2.46 bits per heavy atom. The second-order valence-corrected chi connectivity index (χ2v) is 6.53. The van der Waals surface area contributed by atoms with Crippen molar-refractivity contribution in [3.05, 3.63) is 47.4 Å². The predicted octanol–water partition coefficient (Wildman–Crippen LogP) is 4.13. The number of carbonyl (C=O) groups is 1. The van der Waals surface area contributed by atoms with Gasteiger partial charge in [0.1, 0.15) is 0 Å². The first-order valence-electron chi connectivity index (χ1n) is 8.66. The second-order valence-electron chi connectivity index (χ2n) is 6.53. The summed E-state index contributed by atoms with van der Waals surface area (Å²) >= 11 is 0. The largest absolute Gasteiger partial charge is 0.294 e. The van der Waals surface area contributed by atoms with Crippen LogP contribution in [0.2, 0.25) is 6.82 Å². The Hall–Kier alpha value is -2.57. The van der Waals surface area contributed by atoms with E-state index < -0.39 is 11.6 Å². The molecule has 2 aromatic rings. The summed E-state index contributed by atoms with van der Waals surface area (Å²) in [5, 5.41) is 4.25. The van der Waals surface area contributed by atoms with Gasteiger partial charge < -0.3 is 0 Å². The summed E-state index contributed by atoms with van der Waals surface area (Å²) in [6, 6.07) is 3.11. The maximum atomic E-state index is 14.8. The standard InChI is InChI=1S/C19H20BF2N3O/c1-5-8-25-11(2)15(9-24-25)13-6-7-14(18(22)17(13)21)16-10-23-19(12(3)26)20(16)4/h6-7,9-10H,5,8H2,1-4H3. The van der Waals surface area contributed by atoms with E-state index in [0.717, 1.165) is 18.7 Å². The van der Waals surface area contributed by atoms with E-state index in [1.54, 1.807) is 29.8 Å². The van der Waals surface area contributed by atoms with E-state index in [4.69, 9.17) is 0 Å². The maximum Gasteiger partial charge on any atom is 0.237 e. The normalized spacial score (nSPS) is 13.8. The average molecular weight is 355 g/mol. The number of carbonyl (C=O) groups excluding carboxylic acids is 1. The van der Waals surface area contributed by atoms with Crippen molar-refractivity contribution in [3.8, 4) is 11.1 Å². The number of nitrogens with zero attached hydrogens (tertiary/aromatic N) is 3. The van der Waals surface area contributed by atoms with Crippen LogP contribution in [0.25, 0.3) is 16.6 Å². The van der Waals surface area contributed by atoms with Crippen LogP contribution in [-0.2, 0) is 11.3 Å². The molecule has 1 aliphatic heterocycles. The van der Waals surface area contributed by atoms with Crippen molar-refractivity contribution in [2.45, 2.75) is 40.6 Å². The highest BCUT2D eigenvalue weighted by molar-refractivity contribution is 7.12. The van der Waals surface area contributed by atoms with Gasteiger partial charge in [0.2, 0.25) is 6.71 Å². The van der Waals surface area contributed by atoms with Gasteiger partial charge in [-0.25, -0.2) is 8.78 Å². The van der Waals surface area contributed by atoms with Crippen LogP contribution < -0.4 is 0 Å². The highest BCUT2D eigenvalue weighted by Crippen LogP contribution is 2.33. The lowest BCUT2D eigenvalue weighted by molar-refractivity contribution is -0.110. The minimum Gasteiger partial charge on any atom is -0.294 e. The molecule has 0 unspecified atom stereocenters. The van der Waals surface area contributed by atoms with Gasteiger partial charge in [0.15, 0.2) is 17.4 Å². The Kier molecular flexibility index (Phi) is 4.89. The van der Waals surface area contributed by atoms with Crippen LogP contribution in [0.4, 0.5) is 8.78 Å². The third kappa shape index (κ3) is 2.91. The first-order valence-corrected chi connectivity index (χ1v) is 8.66. The predicted molar refractivity (Wildman–Crippen MR) is 100 cm³/mol. The number of halogens is 2. The highest BCUT2D eigenvalue weighted by atomic mass is 19.2. The van der Waals surface area contributed by atoms with Gasteiger partial charge in [-0.1, -0.05) is 25.9 Å². The number of aryl methyl sites for hydroxylation is 1. The molecule has 26 heavy (non-hydrogen) atoms. The smallest absolute Gasteiger partial charge is 0.237 e. The number of aliphatic imine (C=N–C) groups is 1. The molecule has 0 N–H and O–H groups in total. The molecular weight excluding hydrogens is 335 g/mol. The van der Waals surface area contributed by atoms with Crippen LogP contribution in [0, 0.1) is 18.6 Å². The molecule has 0 aliphatic carbocycles. The molecule has 0 amide bonds. The van der Waals surface area contributed by atoms with E-state index in [0.29, 0.717) is 16.6 Å². The maximum absolute atomic E-state index is 14.8. The van der Waals surface area contributed by atoms with E-state index in [-0.39, 0.29) is 23.6 Å². The number of ketones is 1. The molecule has 0 atom stereocenters. The van der Waals surface area contributed by atoms with Crippen LogP contribution in [0.3, 0.4) is 0 Å². The Morgan fingerprint density at radius 2 is 1.85 bits per heavy atom. The van der Waals surface area contributed by atoms with Gasteiger partial charge in [-0.05, 0) is 25.7 Å². The molecule has 0 bridgehead atoms. The monoisotopic (exact) mass is 355 g/mol. The number of Topliss-reactive ketones (excluding diaryl/α,β-unsaturated/α-hetero) is 1. The van der Waals surface area contributed by atoms with Crippen molar-refractivity contribution in [2.75, 3.05) is 0 Å². The number of rotatable bonds is 5. The molecule has 4 nitrogen and oxygen atoms in total. The highest BCUT2D eigenvalue weighted by Gasteiger charge is 2.31. The summed E-state index contributed by atoms with van der Waals surface area (Å²) in [7, 11) is 0. The van der Waals surface area contributed by atoms with Crippen LogP contribution in [0.5, 0.6) is 0 Å². The minimum absolute atomic E-state index is 0.136. The quantitative estimate of drug-likeness (QED) is 0.757. The lowest BCUT2D eigenvalue weighted by atomic mass is 9.42.